The van der Waals surface area contributed by atoms with E-state index in [1.54, 1.807) is 37.4 Å². The number of methoxy groups -OCH3 is 1. The monoisotopic (exact) mass is 391 g/mol. The second-order valence-electron chi connectivity index (χ2n) is 5.84. The Hall–Kier alpha value is -2.73. The summed E-state index contributed by atoms with van der Waals surface area (Å²) in [6.45, 7) is 3.05. The van der Waals surface area contributed by atoms with Crippen LogP contribution >= 0.6 is 12.4 Å². The van der Waals surface area contributed by atoms with Crippen molar-refractivity contribution < 1.29 is 14.3 Å². The zero-order chi connectivity index (χ0) is 18.9. The molecule has 6 nitrogen and oxygen atoms in total. The molecule has 0 fully saturated rings. The first-order valence-electron chi connectivity index (χ1n) is 8.48. The highest BCUT2D eigenvalue weighted by Gasteiger charge is 2.14. The molecule has 2 rings (SSSR count). The van der Waals surface area contributed by atoms with Gasteiger partial charge in [-0.05, 0) is 36.3 Å². The van der Waals surface area contributed by atoms with E-state index in [9.17, 15) is 4.79 Å². The van der Waals surface area contributed by atoms with Crippen LogP contribution in [0.25, 0.3) is 6.08 Å². The van der Waals surface area contributed by atoms with Crippen molar-refractivity contribution in [1.82, 2.24) is 9.88 Å². The summed E-state index contributed by atoms with van der Waals surface area (Å²) in [5.41, 5.74) is 7.27. The van der Waals surface area contributed by atoms with Crippen molar-refractivity contribution in [3.8, 4) is 11.5 Å². The van der Waals surface area contributed by atoms with Crippen molar-refractivity contribution in [3.05, 3.63) is 53.7 Å². The number of rotatable bonds is 8. The minimum Gasteiger partial charge on any atom is -0.493 e. The van der Waals surface area contributed by atoms with Gasteiger partial charge in [0.05, 0.1) is 13.7 Å². The molecule has 0 aliphatic rings. The van der Waals surface area contributed by atoms with E-state index >= 15 is 0 Å². The van der Waals surface area contributed by atoms with Crippen molar-refractivity contribution in [2.75, 3.05) is 26.5 Å². The summed E-state index contributed by atoms with van der Waals surface area (Å²) in [5.74, 6) is 1.68. The van der Waals surface area contributed by atoms with Gasteiger partial charge in [0.2, 0.25) is 5.91 Å². The molecule has 0 saturated heterocycles. The Morgan fingerprint density at radius 1 is 1.30 bits per heavy atom. The largest absolute Gasteiger partial charge is 0.493 e. The Morgan fingerprint density at radius 3 is 2.70 bits per heavy atom. The minimum absolute atomic E-state index is 0. The first-order chi connectivity index (χ1) is 12.5. The average molecular weight is 392 g/mol. The summed E-state index contributed by atoms with van der Waals surface area (Å²) in [5, 5.41) is 0. The van der Waals surface area contributed by atoms with E-state index < -0.39 is 0 Å². The first-order valence-corrected chi connectivity index (χ1v) is 8.48. The molecular formula is C20H26ClN3O3. The third-order valence-corrected chi connectivity index (χ3v) is 3.74. The summed E-state index contributed by atoms with van der Waals surface area (Å²) in [6.07, 6.45) is 5.74. The van der Waals surface area contributed by atoms with Gasteiger partial charge in [-0.2, -0.15) is 0 Å². The molecule has 0 saturated carbocycles. The van der Waals surface area contributed by atoms with Crippen molar-refractivity contribution in [1.29, 1.82) is 0 Å². The highest BCUT2D eigenvalue weighted by Crippen LogP contribution is 2.32. The fraction of sp³-hybridized carbons (Fsp3) is 0.300. The van der Waals surface area contributed by atoms with Crippen LogP contribution in [0.4, 0.5) is 5.82 Å². The highest BCUT2D eigenvalue weighted by atomic mass is 35.5. The molecule has 7 heteroatoms. The molecule has 1 aromatic carbocycles. The maximum absolute atomic E-state index is 12.4. The van der Waals surface area contributed by atoms with E-state index in [1.807, 2.05) is 31.2 Å². The maximum atomic E-state index is 12.4. The minimum atomic E-state index is -0.119. The van der Waals surface area contributed by atoms with Crippen LogP contribution in [0.5, 0.6) is 11.5 Å². The van der Waals surface area contributed by atoms with Gasteiger partial charge in [-0.25, -0.2) is 4.98 Å². The fourth-order valence-electron chi connectivity index (χ4n) is 2.36. The van der Waals surface area contributed by atoms with Gasteiger partial charge in [-0.1, -0.05) is 19.1 Å². The number of hydrogen-bond donors (Lipinski definition) is 1. The molecule has 0 unspecified atom stereocenters. The molecule has 146 valence electrons. The molecule has 0 radical (unpaired) electrons. The van der Waals surface area contributed by atoms with Crippen LogP contribution in [-0.4, -0.2) is 36.6 Å². The van der Waals surface area contributed by atoms with Crippen LogP contribution < -0.4 is 15.2 Å². The van der Waals surface area contributed by atoms with Crippen molar-refractivity contribution in [2.45, 2.75) is 19.9 Å². The summed E-state index contributed by atoms with van der Waals surface area (Å²) < 4.78 is 11.2. The molecule has 1 heterocycles. The number of carbonyl (C=O) groups excluding carboxylic acids is 1. The van der Waals surface area contributed by atoms with Gasteiger partial charge in [0, 0.05) is 31.4 Å². The van der Waals surface area contributed by atoms with Gasteiger partial charge in [-0.15, -0.1) is 12.4 Å². The third-order valence-electron chi connectivity index (χ3n) is 3.74. The van der Waals surface area contributed by atoms with Gasteiger partial charge in [0.25, 0.3) is 0 Å². The van der Waals surface area contributed by atoms with Gasteiger partial charge in [0.1, 0.15) is 5.82 Å². The molecule has 0 spiro atoms. The topological polar surface area (TPSA) is 77.7 Å². The summed E-state index contributed by atoms with van der Waals surface area (Å²) in [4.78, 5) is 18.0. The number of hydrogen-bond acceptors (Lipinski definition) is 5. The van der Waals surface area contributed by atoms with Crippen LogP contribution in [0.1, 0.15) is 24.5 Å². The molecule has 1 aromatic heterocycles. The van der Waals surface area contributed by atoms with Crippen LogP contribution in [0, 0.1) is 0 Å². The highest BCUT2D eigenvalue weighted by molar-refractivity contribution is 5.91. The number of carbonyl (C=O) groups is 1. The van der Waals surface area contributed by atoms with E-state index in [1.165, 1.54) is 6.08 Å². The number of nitrogens with zero attached hydrogens (tertiary/aromatic N) is 2. The lowest BCUT2D eigenvalue weighted by Gasteiger charge is -2.19. The number of amides is 1. The maximum Gasteiger partial charge on any atom is 0.246 e. The Bertz CT molecular complexity index is 764. The SMILES string of the molecule is CCCOc1c(CN(C)C(=O)C=Cc2ccc(N)nc2)cccc1OC.Cl. The second-order valence-corrected chi connectivity index (χ2v) is 5.84. The lowest BCUT2D eigenvalue weighted by molar-refractivity contribution is -0.125. The summed E-state index contributed by atoms with van der Waals surface area (Å²) in [7, 11) is 3.35. The van der Waals surface area contributed by atoms with Crippen molar-refractivity contribution >= 4 is 30.2 Å². The van der Waals surface area contributed by atoms with Crippen LogP contribution in [0.15, 0.2) is 42.6 Å². The number of aromatic nitrogens is 1. The van der Waals surface area contributed by atoms with E-state index in [2.05, 4.69) is 4.98 Å². The van der Waals surface area contributed by atoms with Crippen molar-refractivity contribution in [3.63, 3.8) is 0 Å². The number of likely N-dealkylation sites (N-methyl/N-ethyl adjacent to an activating group) is 1. The summed E-state index contributed by atoms with van der Waals surface area (Å²) >= 11 is 0. The van der Waals surface area contributed by atoms with Crippen LogP contribution in [0.2, 0.25) is 0 Å². The summed E-state index contributed by atoms with van der Waals surface area (Å²) in [6, 6.07) is 9.18. The smallest absolute Gasteiger partial charge is 0.246 e. The van der Waals surface area contributed by atoms with E-state index in [-0.39, 0.29) is 18.3 Å². The predicted octanol–water partition coefficient (Wildman–Crippen LogP) is 3.55. The van der Waals surface area contributed by atoms with Crippen molar-refractivity contribution in [2.24, 2.45) is 0 Å². The number of nitrogens with two attached hydrogens (primary N) is 1. The van der Waals surface area contributed by atoms with E-state index in [0.717, 1.165) is 17.5 Å². The number of halogens is 1. The van der Waals surface area contributed by atoms with E-state index in [4.69, 9.17) is 15.2 Å². The Labute approximate surface area is 166 Å². The lowest BCUT2D eigenvalue weighted by Crippen LogP contribution is -2.24. The quantitative estimate of drug-likeness (QED) is 0.696. The number of ether oxygens (including phenoxy) is 2. The Balaban J connectivity index is 0.00000364. The molecule has 2 aromatic rings. The number of nitrogen functional groups attached to an aromatic ring is 1. The first kappa shape index (κ1) is 22.3. The standard InChI is InChI=1S/C20H25N3O3.ClH/c1-4-12-26-20-16(6-5-7-17(20)25-3)14-23(2)19(24)11-9-15-8-10-18(21)22-13-15;/h5-11,13H,4,12,14H2,1-3H3,(H2,21,22);1H. The molecule has 0 aliphatic heterocycles. The molecule has 2 N–H and O–H groups in total. The fourth-order valence-corrected chi connectivity index (χ4v) is 2.36. The van der Waals surface area contributed by atoms with Crippen LogP contribution in [0.3, 0.4) is 0 Å². The number of anilines is 1. The molecule has 27 heavy (non-hydrogen) atoms. The number of para-hydroxylation sites is 1. The van der Waals surface area contributed by atoms with Gasteiger partial charge < -0.3 is 20.1 Å². The predicted molar refractivity (Wildman–Crippen MR) is 110 cm³/mol. The van der Waals surface area contributed by atoms with Gasteiger partial charge in [0.15, 0.2) is 11.5 Å². The molecule has 0 aliphatic carbocycles. The zero-order valence-electron chi connectivity index (χ0n) is 15.8. The lowest BCUT2D eigenvalue weighted by atomic mass is 10.1. The zero-order valence-corrected chi connectivity index (χ0v) is 16.7. The van der Waals surface area contributed by atoms with Crippen LogP contribution in [-0.2, 0) is 11.3 Å². The van der Waals surface area contributed by atoms with E-state index in [0.29, 0.717) is 30.5 Å². The number of pyridine rings is 1. The Kier molecular flexibility index (Phi) is 9.16. The molecule has 0 atom stereocenters. The third kappa shape index (κ3) is 6.49. The van der Waals surface area contributed by atoms with Gasteiger partial charge >= 0.3 is 0 Å². The number of benzene rings is 1. The van der Waals surface area contributed by atoms with Gasteiger partial charge in [-0.3, -0.25) is 4.79 Å². The second kappa shape index (κ2) is 11.1. The normalized spacial score (nSPS) is 10.3. The molecule has 0 bridgehead atoms. The average Bonchev–Trinajstić information content (AvgIpc) is 2.66. The molecule has 1 amide bonds. The Morgan fingerprint density at radius 2 is 2.07 bits per heavy atom. The molecular weight excluding hydrogens is 366 g/mol.